The summed E-state index contributed by atoms with van der Waals surface area (Å²) in [4.78, 5) is 0. The van der Waals surface area contributed by atoms with Gasteiger partial charge in [-0.05, 0) is 54.3 Å². The Morgan fingerprint density at radius 1 is 1.14 bits per heavy atom. The summed E-state index contributed by atoms with van der Waals surface area (Å²) in [6.07, 6.45) is 5.30. The van der Waals surface area contributed by atoms with Gasteiger partial charge in [-0.3, -0.25) is 0 Å². The second-order valence-electron chi connectivity index (χ2n) is 6.85. The van der Waals surface area contributed by atoms with E-state index in [2.05, 4.69) is 19.9 Å². The molecule has 4 saturated carbocycles. The van der Waals surface area contributed by atoms with Crippen molar-refractivity contribution in [3.05, 3.63) is 0 Å². The number of nitrogens with zero attached hydrogens (tertiary/aromatic N) is 1. The van der Waals surface area contributed by atoms with Gasteiger partial charge in [0.05, 0.1) is 11.5 Å². The highest BCUT2D eigenvalue weighted by molar-refractivity contribution is 5.37. The first-order chi connectivity index (χ1) is 6.57. The summed E-state index contributed by atoms with van der Waals surface area (Å²) in [5.74, 6) is 2.70. The molecule has 0 aromatic carbocycles. The van der Waals surface area contributed by atoms with Crippen LogP contribution in [-0.2, 0) is 0 Å². The molecular formula is C13H17N. The topological polar surface area (TPSA) is 23.8 Å². The molecule has 4 fully saturated rings. The molecule has 14 heavy (non-hydrogen) atoms. The van der Waals surface area contributed by atoms with Crippen LogP contribution in [0, 0.1) is 45.3 Å². The zero-order valence-corrected chi connectivity index (χ0v) is 9.01. The van der Waals surface area contributed by atoms with Crippen LogP contribution in [0.2, 0.25) is 0 Å². The highest BCUT2D eigenvalue weighted by atomic mass is 14.9. The molecule has 2 bridgehead atoms. The first-order valence-corrected chi connectivity index (χ1v) is 5.98. The molecule has 0 aliphatic heterocycles. The van der Waals surface area contributed by atoms with E-state index >= 15 is 0 Å². The summed E-state index contributed by atoms with van der Waals surface area (Å²) in [5, 5.41) is 9.42. The van der Waals surface area contributed by atoms with Crippen LogP contribution < -0.4 is 0 Å². The fourth-order valence-electron chi connectivity index (χ4n) is 5.95. The van der Waals surface area contributed by atoms with Gasteiger partial charge in [0.15, 0.2) is 0 Å². The van der Waals surface area contributed by atoms with Crippen molar-refractivity contribution in [2.45, 2.75) is 39.5 Å². The molecule has 4 rings (SSSR count). The Labute approximate surface area is 85.5 Å². The van der Waals surface area contributed by atoms with Gasteiger partial charge in [0, 0.05) is 0 Å². The second kappa shape index (κ2) is 1.66. The fraction of sp³-hybridized carbons (Fsp3) is 0.923. The van der Waals surface area contributed by atoms with Gasteiger partial charge in [0.25, 0.3) is 0 Å². The standard InChI is InChI=1S/C13H17N/c1-11(2)9-5-12(7-14)4-8-3-10(11)13(8,12)6-9/h8-10H,3-6H2,1-2H3. The van der Waals surface area contributed by atoms with E-state index in [1.54, 1.807) is 0 Å². The van der Waals surface area contributed by atoms with Gasteiger partial charge in [0.2, 0.25) is 0 Å². The smallest absolute Gasteiger partial charge is 0.0696 e. The lowest BCUT2D eigenvalue weighted by molar-refractivity contribution is -0.246. The zero-order chi connectivity index (χ0) is 9.77. The Kier molecular flexibility index (Phi) is 0.919. The molecule has 5 unspecified atom stereocenters. The molecule has 0 amide bonds. The molecule has 4 aliphatic carbocycles. The van der Waals surface area contributed by atoms with Gasteiger partial charge in [-0.2, -0.15) is 5.26 Å². The number of rotatable bonds is 0. The van der Waals surface area contributed by atoms with Crippen LogP contribution in [0.1, 0.15) is 39.5 Å². The lowest BCUT2D eigenvalue weighted by Crippen LogP contribution is -2.68. The molecule has 0 N–H and O–H groups in total. The Morgan fingerprint density at radius 2 is 1.86 bits per heavy atom. The summed E-state index contributed by atoms with van der Waals surface area (Å²) in [7, 11) is 0. The van der Waals surface area contributed by atoms with Crippen LogP contribution >= 0.6 is 0 Å². The van der Waals surface area contributed by atoms with Crippen molar-refractivity contribution in [1.29, 1.82) is 5.26 Å². The Hall–Kier alpha value is -0.510. The third-order valence-corrected chi connectivity index (χ3v) is 6.70. The number of fused-ring (bicyclic) bond motifs is 1. The Balaban J connectivity index is 1.90. The van der Waals surface area contributed by atoms with E-state index in [1.807, 2.05) is 0 Å². The maximum absolute atomic E-state index is 9.42. The molecular weight excluding hydrogens is 170 g/mol. The van der Waals surface area contributed by atoms with E-state index in [9.17, 15) is 5.26 Å². The molecule has 0 aromatic rings. The summed E-state index contributed by atoms with van der Waals surface area (Å²) in [6, 6.07) is 2.70. The minimum atomic E-state index is 0.154. The van der Waals surface area contributed by atoms with E-state index in [0.717, 1.165) is 17.8 Å². The first kappa shape index (κ1) is 7.74. The van der Waals surface area contributed by atoms with Crippen molar-refractivity contribution in [3.63, 3.8) is 0 Å². The average molecular weight is 187 g/mol. The van der Waals surface area contributed by atoms with Crippen molar-refractivity contribution in [1.82, 2.24) is 0 Å². The quantitative estimate of drug-likeness (QED) is 0.572. The third kappa shape index (κ3) is 0.426. The molecule has 4 aliphatic rings. The molecule has 74 valence electrons. The predicted octanol–water partition coefficient (Wildman–Crippen LogP) is 2.97. The SMILES string of the molecule is CC1(C)C2CC3(C#N)CC4CC1C43C2. The van der Waals surface area contributed by atoms with Crippen molar-refractivity contribution in [2.24, 2.45) is 34.0 Å². The van der Waals surface area contributed by atoms with Crippen molar-refractivity contribution in [2.75, 3.05) is 0 Å². The first-order valence-electron chi connectivity index (χ1n) is 5.98. The van der Waals surface area contributed by atoms with Crippen LogP contribution in [0.3, 0.4) is 0 Å². The van der Waals surface area contributed by atoms with Gasteiger partial charge < -0.3 is 0 Å². The monoisotopic (exact) mass is 187 g/mol. The Morgan fingerprint density at radius 3 is 2.43 bits per heavy atom. The summed E-state index contributed by atoms with van der Waals surface area (Å²) >= 11 is 0. The van der Waals surface area contributed by atoms with Crippen molar-refractivity contribution < 1.29 is 0 Å². The van der Waals surface area contributed by atoms with Crippen LogP contribution in [0.4, 0.5) is 0 Å². The minimum absolute atomic E-state index is 0.154. The molecule has 0 saturated heterocycles. The Bertz CT molecular complexity index is 377. The van der Waals surface area contributed by atoms with E-state index in [0.29, 0.717) is 10.8 Å². The molecule has 0 radical (unpaired) electrons. The minimum Gasteiger partial charge on any atom is -0.198 e. The molecule has 1 spiro atoms. The largest absolute Gasteiger partial charge is 0.198 e. The van der Waals surface area contributed by atoms with Crippen LogP contribution in [-0.4, -0.2) is 0 Å². The van der Waals surface area contributed by atoms with Crippen molar-refractivity contribution >= 4 is 0 Å². The molecule has 1 heteroatoms. The lowest BCUT2D eigenvalue weighted by Gasteiger charge is -2.73. The van der Waals surface area contributed by atoms with E-state index in [1.165, 1.54) is 25.7 Å². The van der Waals surface area contributed by atoms with Gasteiger partial charge in [-0.25, -0.2) is 0 Å². The van der Waals surface area contributed by atoms with E-state index < -0.39 is 0 Å². The summed E-state index contributed by atoms with van der Waals surface area (Å²) in [6.45, 7) is 4.90. The van der Waals surface area contributed by atoms with Crippen molar-refractivity contribution in [3.8, 4) is 6.07 Å². The van der Waals surface area contributed by atoms with Crippen LogP contribution in [0.5, 0.6) is 0 Å². The normalized spacial score (nSPS) is 65.1. The maximum atomic E-state index is 9.42. The number of nitriles is 1. The summed E-state index contributed by atoms with van der Waals surface area (Å²) in [5.41, 5.74) is 1.23. The second-order valence-corrected chi connectivity index (χ2v) is 6.85. The maximum Gasteiger partial charge on any atom is 0.0696 e. The van der Waals surface area contributed by atoms with Crippen LogP contribution in [0.25, 0.3) is 0 Å². The predicted molar refractivity (Wildman–Crippen MR) is 53.2 cm³/mol. The van der Waals surface area contributed by atoms with E-state index in [-0.39, 0.29) is 5.41 Å². The fourth-order valence-corrected chi connectivity index (χ4v) is 5.95. The van der Waals surface area contributed by atoms with Crippen LogP contribution in [0.15, 0.2) is 0 Å². The highest BCUT2D eigenvalue weighted by Crippen LogP contribution is 2.89. The molecule has 1 nitrogen and oxygen atoms in total. The number of hydrogen-bond acceptors (Lipinski definition) is 1. The van der Waals surface area contributed by atoms with Gasteiger partial charge in [-0.15, -0.1) is 0 Å². The van der Waals surface area contributed by atoms with E-state index in [4.69, 9.17) is 0 Å². The molecule has 0 aromatic heterocycles. The molecule has 0 heterocycles. The van der Waals surface area contributed by atoms with Gasteiger partial charge >= 0.3 is 0 Å². The van der Waals surface area contributed by atoms with Gasteiger partial charge in [-0.1, -0.05) is 13.8 Å². The number of hydrogen-bond donors (Lipinski definition) is 0. The summed E-state index contributed by atoms with van der Waals surface area (Å²) < 4.78 is 0. The lowest BCUT2D eigenvalue weighted by atomic mass is 9.30. The van der Waals surface area contributed by atoms with Gasteiger partial charge in [0.1, 0.15) is 0 Å². The highest BCUT2D eigenvalue weighted by Gasteiger charge is 2.85. The third-order valence-electron chi connectivity index (χ3n) is 6.70. The average Bonchev–Trinajstić information content (AvgIpc) is 2.54. The zero-order valence-electron chi connectivity index (χ0n) is 9.01. The molecule has 5 atom stereocenters.